The fourth-order valence-corrected chi connectivity index (χ4v) is 4.57. The third kappa shape index (κ3) is 7.20. The Hall–Kier alpha value is -4.02. The maximum Gasteiger partial charge on any atom is 0.331 e. The van der Waals surface area contributed by atoms with Gasteiger partial charge in [0.2, 0.25) is 0 Å². The molecule has 0 aromatic heterocycles. The summed E-state index contributed by atoms with van der Waals surface area (Å²) in [6, 6.07) is 15.1. The molecule has 0 saturated carbocycles. The van der Waals surface area contributed by atoms with E-state index in [0.29, 0.717) is 40.7 Å². The second kappa shape index (κ2) is 13.6. The molecule has 1 saturated heterocycles. The molecular formula is C30H28BrClN2O7. The number of hydrogen-bond donors (Lipinski definition) is 1. The molecule has 11 heteroatoms. The highest BCUT2D eigenvalue weighted by Gasteiger charge is 2.36. The van der Waals surface area contributed by atoms with Crippen LogP contribution in [0.5, 0.6) is 23.0 Å². The zero-order valence-electron chi connectivity index (χ0n) is 22.7. The van der Waals surface area contributed by atoms with Gasteiger partial charge in [-0.1, -0.05) is 52.7 Å². The summed E-state index contributed by atoms with van der Waals surface area (Å²) in [4.78, 5) is 39.6. The Bertz CT molecular complexity index is 1490. The zero-order chi connectivity index (χ0) is 29.5. The van der Waals surface area contributed by atoms with Crippen molar-refractivity contribution < 1.29 is 33.3 Å². The van der Waals surface area contributed by atoms with Crippen LogP contribution in [0.4, 0.5) is 4.79 Å². The minimum atomic E-state index is -0.824. The molecule has 1 aliphatic heterocycles. The Morgan fingerprint density at radius 2 is 1.61 bits per heavy atom. The van der Waals surface area contributed by atoms with E-state index in [1.807, 2.05) is 31.2 Å². The Kier molecular flexibility index (Phi) is 9.91. The molecule has 214 valence electrons. The van der Waals surface area contributed by atoms with Gasteiger partial charge in [-0.15, -0.1) is 0 Å². The zero-order valence-corrected chi connectivity index (χ0v) is 25.0. The van der Waals surface area contributed by atoms with Gasteiger partial charge in [-0.25, -0.2) is 4.79 Å². The summed E-state index contributed by atoms with van der Waals surface area (Å²) in [5.41, 5.74) is 1.71. The van der Waals surface area contributed by atoms with E-state index in [9.17, 15) is 14.4 Å². The largest absolute Gasteiger partial charge is 0.493 e. The van der Waals surface area contributed by atoms with Crippen LogP contribution in [-0.4, -0.2) is 43.6 Å². The number of methoxy groups -OCH3 is 2. The lowest BCUT2D eigenvalue weighted by molar-refractivity contribution is -0.130. The van der Waals surface area contributed by atoms with Crippen molar-refractivity contribution in [3.63, 3.8) is 0 Å². The number of benzene rings is 3. The molecule has 4 amide bonds. The van der Waals surface area contributed by atoms with E-state index >= 15 is 0 Å². The number of barbiturate groups is 1. The smallest absolute Gasteiger partial charge is 0.331 e. The number of hydrogen-bond acceptors (Lipinski definition) is 7. The number of imide groups is 2. The van der Waals surface area contributed by atoms with E-state index in [2.05, 4.69) is 21.2 Å². The first kappa shape index (κ1) is 30.0. The second-order valence-corrected chi connectivity index (χ2v) is 10.3. The molecule has 0 radical (unpaired) electrons. The van der Waals surface area contributed by atoms with Crippen LogP contribution in [0.25, 0.3) is 6.08 Å². The van der Waals surface area contributed by atoms with E-state index in [1.165, 1.54) is 20.3 Å². The number of carbonyl (C=O) groups is 3. The quantitative estimate of drug-likeness (QED) is 0.198. The van der Waals surface area contributed by atoms with Crippen LogP contribution in [0.3, 0.4) is 0 Å². The first-order valence-corrected chi connectivity index (χ1v) is 13.8. The average Bonchev–Trinajstić information content (AvgIpc) is 2.96. The number of ether oxygens (including phenoxy) is 4. The first-order chi connectivity index (χ1) is 19.7. The number of nitrogens with zero attached hydrogens (tertiary/aromatic N) is 1. The van der Waals surface area contributed by atoms with Crippen molar-refractivity contribution in [2.75, 3.05) is 20.8 Å². The van der Waals surface area contributed by atoms with Crippen LogP contribution in [0.15, 0.2) is 64.6 Å². The molecule has 9 nitrogen and oxygen atoms in total. The lowest BCUT2D eigenvalue weighted by Gasteiger charge is -2.26. The van der Waals surface area contributed by atoms with E-state index in [4.69, 9.17) is 30.5 Å². The monoisotopic (exact) mass is 642 g/mol. The molecule has 4 rings (SSSR count). The number of rotatable bonds is 11. The summed E-state index contributed by atoms with van der Waals surface area (Å²) in [6.07, 6.45) is 2.18. The van der Waals surface area contributed by atoms with Crippen molar-refractivity contribution >= 4 is 51.5 Å². The Labute approximate surface area is 251 Å². The fraction of sp³-hybridized carbons (Fsp3) is 0.233. The number of carbonyl (C=O) groups excluding carboxylic acids is 3. The van der Waals surface area contributed by atoms with Crippen molar-refractivity contribution in [1.82, 2.24) is 10.2 Å². The highest BCUT2D eigenvalue weighted by Crippen LogP contribution is 2.38. The summed E-state index contributed by atoms with van der Waals surface area (Å²) in [7, 11) is 2.97. The lowest BCUT2D eigenvalue weighted by Crippen LogP contribution is -2.53. The van der Waals surface area contributed by atoms with Gasteiger partial charge in [0.1, 0.15) is 12.2 Å². The summed E-state index contributed by atoms with van der Waals surface area (Å²) in [5, 5.41) is 2.45. The maximum absolute atomic E-state index is 13.3. The van der Waals surface area contributed by atoms with Gasteiger partial charge in [0.05, 0.1) is 32.4 Å². The topological polar surface area (TPSA) is 103 Å². The number of nitrogens with one attached hydrogen (secondary N) is 1. The van der Waals surface area contributed by atoms with Crippen molar-refractivity contribution in [3.8, 4) is 23.0 Å². The number of urea groups is 1. The van der Waals surface area contributed by atoms with Crippen LogP contribution in [0.2, 0.25) is 5.02 Å². The maximum atomic E-state index is 13.3. The van der Waals surface area contributed by atoms with Gasteiger partial charge < -0.3 is 18.9 Å². The minimum Gasteiger partial charge on any atom is -0.493 e. The summed E-state index contributed by atoms with van der Waals surface area (Å²) >= 11 is 9.91. The number of amides is 4. The van der Waals surface area contributed by atoms with E-state index in [0.717, 1.165) is 21.4 Å². The van der Waals surface area contributed by atoms with Crippen LogP contribution in [0.1, 0.15) is 30.0 Å². The molecule has 3 aromatic carbocycles. The third-order valence-corrected chi connectivity index (χ3v) is 6.88. The van der Waals surface area contributed by atoms with Crippen LogP contribution in [0, 0.1) is 0 Å². The fourth-order valence-electron chi connectivity index (χ4n) is 4.03. The van der Waals surface area contributed by atoms with Crippen molar-refractivity contribution in [2.24, 2.45) is 0 Å². The van der Waals surface area contributed by atoms with Gasteiger partial charge in [-0.05, 0) is 65.6 Å². The second-order valence-electron chi connectivity index (χ2n) is 8.99. The molecule has 0 bridgehead atoms. The van der Waals surface area contributed by atoms with E-state index < -0.39 is 17.8 Å². The summed E-state index contributed by atoms with van der Waals surface area (Å²) < 4.78 is 23.4. The highest BCUT2D eigenvalue weighted by molar-refractivity contribution is 9.10. The van der Waals surface area contributed by atoms with Gasteiger partial charge >= 0.3 is 6.03 Å². The SMILES string of the molecule is CCCOc1ccc(CN2C(=O)NC(=O)/C(=C\c3cc(Cl)c(OCc4ccc(Br)cc4)c(OC)c3)C2=O)cc1OC. The molecule has 0 spiro atoms. The van der Waals surface area contributed by atoms with Crippen molar-refractivity contribution in [3.05, 3.63) is 86.4 Å². The molecule has 41 heavy (non-hydrogen) atoms. The summed E-state index contributed by atoms with van der Waals surface area (Å²) in [6.45, 7) is 2.67. The molecular weight excluding hydrogens is 616 g/mol. The normalized spacial score (nSPS) is 14.2. The van der Waals surface area contributed by atoms with E-state index in [1.54, 1.807) is 30.3 Å². The first-order valence-electron chi connectivity index (χ1n) is 12.7. The average molecular weight is 644 g/mol. The molecule has 1 aliphatic rings. The molecule has 1 fully saturated rings. The van der Waals surface area contributed by atoms with E-state index in [-0.39, 0.29) is 23.7 Å². The van der Waals surface area contributed by atoms with Gasteiger partial charge in [-0.3, -0.25) is 19.8 Å². The van der Waals surface area contributed by atoms with Crippen molar-refractivity contribution in [1.29, 1.82) is 0 Å². The Morgan fingerprint density at radius 3 is 2.29 bits per heavy atom. The molecule has 0 atom stereocenters. The lowest BCUT2D eigenvalue weighted by atomic mass is 10.1. The summed E-state index contributed by atoms with van der Waals surface area (Å²) in [5.74, 6) is 0.0824. The van der Waals surface area contributed by atoms with Crippen LogP contribution < -0.4 is 24.3 Å². The molecule has 0 unspecified atom stereocenters. The van der Waals surface area contributed by atoms with Gasteiger partial charge in [0.15, 0.2) is 23.0 Å². The number of halogens is 2. The highest BCUT2D eigenvalue weighted by atomic mass is 79.9. The molecule has 0 aliphatic carbocycles. The third-order valence-electron chi connectivity index (χ3n) is 6.08. The Balaban J connectivity index is 1.56. The van der Waals surface area contributed by atoms with Crippen LogP contribution in [-0.2, 0) is 22.7 Å². The minimum absolute atomic E-state index is 0.0907. The van der Waals surface area contributed by atoms with Crippen molar-refractivity contribution in [2.45, 2.75) is 26.5 Å². The molecule has 1 N–H and O–H groups in total. The molecule has 3 aromatic rings. The standard InChI is InChI=1S/C30H28BrClN2O7/c1-4-11-40-24-10-7-19(14-25(24)38-2)16-34-29(36)22(28(35)33-30(34)37)12-20-13-23(32)27(26(15-20)39-3)41-17-18-5-8-21(31)9-6-18/h5-10,12-15H,4,11,16-17H2,1-3H3,(H,33,35,37)/b22-12+. The van der Waals surface area contributed by atoms with Gasteiger partial charge in [0, 0.05) is 4.47 Å². The predicted octanol–water partition coefficient (Wildman–Crippen LogP) is 6.15. The molecule has 1 heterocycles. The van der Waals surface area contributed by atoms with Crippen LogP contribution >= 0.6 is 27.5 Å². The van der Waals surface area contributed by atoms with Gasteiger partial charge in [-0.2, -0.15) is 0 Å². The van der Waals surface area contributed by atoms with Gasteiger partial charge in [0.25, 0.3) is 11.8 Å². The Morgan fingerprint density at radius 1 is 0.902 bits per heavy atom. The predicted molar refractivity (Wildman–Crippen MR) is 157 cm³/mol.